The Hall–Kier alpha value is -0.176. The molecule has 0 spiro atoms. The molecule has 1 unspecified atom stereocenters. The fourth-order valence-corrected chi connectivity index (χ4v) is 18.8. The monoisotopic (exact) mass is 965 g/mol. The topological polar surface area (TPSA) is 98.8 Å². The molecule has 0 aromatic heterocycles. The lowest BCUT2D eigenvalue weighted by Crippen LogP contribution is -2.53. The number of ether oxygens (including phenoxy) is 2. The van der Waals surface area contributed by atoms with Gasteiger partial charge >= 0.3 is 11.9 Å². The number of rotatable bonds is 25. The first-order valence-corrected chi connectivity index (χ1v) is 37.7. The highest BCUT2D eigenvalue weighted by Gasteiger charge is 2.50. The molecule has 0 bridgehead atoms. The van der Waals surface area contributed by atoms with Gasteiger partial charge in [0.05, 0.1) is 39.3 Å². The van der Waals surface area contributed by atoms with Gasteiger partial charge in [-0.1, -0.05) is 125 Å². The van der Waals surface area contributed by atoms with Crippen molar-refractivity contribution in [2.45, 2.75) is 283 Å². The molecule has 0 aliphatic carbocycles. The van der Waals surface area contributed by atoms with E-state index in [1.807, 2.05) is 0 Å². The van der Waals surface area contributed by atoms with Gasteiger partial charge in [0.1, 0.15) is 0 Å². The third-order valence-electron chi connectivity index (χ3n) is 15.5. The maximum Gasteiger partial charge on any atom is 0.308 e. The molecular weight excluding hydrogens is 861 g/mol. The molecule has 9 nitrogen and oxygen atoms in total. The van der Waals surface area contributed by atoms with Crippen LogP contribution in [0.15, 0.2) is 0 Å². The van der Waals surface area contributed by atoms with Gasteiger partial charge in [0.25, 0.3) is 0 Å². The molecule has 0 amide bonds. The molecule has 0 fully saturated rings. The average Bonchev–Trinajstić information content (AvgIpc) is 3.03. The van der Waals surface area contributed by atoms with Gasteiger partial charge in [0.15, 0.2) is 33.3 Å². The van der Waals surface area contributed by atoms with E-state index in [1.165, 1.54) is 14.2 Å². The molecule has 0 aromatic rings. The van der Waals surface area contributed by atoms with E-state index in [1.54, 1.807) is 0 Å². The third kappa shape index (κ3) is 18.1. The molecule has 0 aromatic carbocycles. The summed E-state index contributed by atoms with van der Waals surface area (Å²) in [6.45, 7) is 59.4. The van der Waals surface area contributed by atoms with Gasteiger partial charge in [-0.2, -0.15) is 0 Å². The number of carbonyl (C=O) groups excluding carboxylic acids is 2. The Balaban J connectivity index is 8.15. The number of methoxy groups -OCH3 is 2. The van der Waals surface area contributed by atoms with Crippen LogP contribution in [0.3, 0.4) is 0 Å². The van der Waals surface area contributed by atoms with Crippen LogP contribution in [0, 0.1) is 0 Å². The van der Waals surface area contributed by atoms with E-state index in [4.69, 9.17) is 31.6 Å². The van der Waals surface area contributed by atoms with E-state index in [0.717, 1.165) is 0 Å². The molecule has 0 radical (unpaired) electrons. The van der Waals surface area contributed by atoms with Crippen molar-refractivity contribution >= 4 is 53.5 Å². The van der Waals surface area contributed by atoms with Crippen molar-refractivity contribution in [1.82, 2.24) is 0 Å². The van der Waals surface area contributed by atoms with Gasteiger partial charge < -0.3 is 31.6 Å². The van der Waals surface area contributed by atoms with Crippen LogP contribution in [-0.2, 0) is 41.2 Å². The zero-order valence-electron chi connectivity index (χ0n) is 46.0. The predicted molar refractivity (Wildman–Crippen MR) is 276 cm³/mol. The van der Waals surface area contributed by atoms with Crippen molar-refractivity contribution in [2.75, 3.05) is 14.2 Å². The summed E-state index contributed by atoms with van der Waals surface area (Å²) < 4.78 is 47.8. The van der Waals surface area contributed by atoms with E-state index < -0.39 is 41.6 Å². The van der Waals surface area contributed by atoms with E-state index in [-0.39, 0.29) is 75.5 Å². The summed E-state index contributed by atoms with van der Waals surface area (Å²) in [4.78, 5) is 26.3. The van der Waals surface area contributed by atoms with Gasteiger partial charge in [-0.25, -0.2) is 0 Å². The van der Waals surface area contributed by atoms with E-state index in [2.05, 4.69) is 177 Å². The Morgan fingerprint density at radius 2 is 0.565 bits per heavy atom. The summed E-state index contributed by atoms with van der Waals surface area (Å²) in [7, 11) is -8.91. The van der Waals surface area contributed by atoms with E-state index in [9.17, 15) is 9.59 Å². The summed E-state index contributed by atoms with van der Waals surface area (Å²) in [5.41, 5.74) is 1.06. The smallest absolute Gasteiger partial charge is 0.308 e. The molecule has 0 rings (SSSR count). The van der Waals surface area contributed by atoms with Crippen LogP contribution in [0.2, 0.25) is 89.2 Å². The maximum atomic E-state index is 13.1. The van der Waals surface area contributed by atoms with Crippen molar-refractivity contribution in [3.8, 4) is 0 Å². The van der Waals surface area contributed by atoms with Crippen LogP contribution < -0.4 is 0 Å². The molecule has 62 heavy (non-hydrogen) atoms. The fourth-order valence-electron chi connectivity index (χ4n) is 7.71. The molecule has 14 heteroatoms. The zero-order chi connectivity index (χ0) is 49.5. The highest BCUT2D eigenvalue weighted by molar-refractivity contribution is 6.78. The highest BCUT2D eigenvalue weighted by Crippen LogP contribution is 2.47. The van der Waals surface area contributed by atoms with Crippen LogP contribution in [0.25, 0.3) is 0 Å². The Morgan fingerprint density at radius 1 is 0.371 bits per heavy atom. The molecule has 0 aliphatic rings. The Labute approximate surface area is 390 Å². The standard InChI is InChI=1S/C48H104O9Si5/c1-35(2)62(36(3)4,37(5)6)57-40(29-38(53-58(21,22)45(7,8)9)31-41(33-43(49)51-19)55-60(25,26)47(13,14)15)30-39(54-59(23,24)46(10,11)12)32-42(34-44(50)52-20)56-61(27,28)48(16,17)18/h35-42H,29-34H2,1-28H3/t38-,39+,40?,41-,42+. The average molecular weight is 966 g/mol. The van der Waals surface area contributed by atoms with Gasteiger partial charge in [-0.3, -0.25) is 9.59 Å². The SMILES string of the molecule is COC(=O)C[C@H](C[C@H](CC(C[C@H](C[C@H](CC(=O)OC)O[Si](C)(C)C(C)(C)C)O[Si](C)(C)C(C)(C)C)O[Si](C(C)C)(C(C)C)C(C)C)O[Si](C)(C)C(C)(C)C)O[Si](C)(C)C(C)(C)C. The fraction of sp³-hybridized carbons (Fsp3) is 0.958. The predicted octanol–water partition coefficient (Wildman–Crippen LogP) is 14.8. The summed E-state index contributed by atoms with van der Waals surface area (Å²) in [6, 6.07) is 0. The van der Waals surface area contributed by atoms with Crippen LogP contribution in [0.5, 0.6) is 0 Å². The lowest BCUT2D eigenvalue weighted by atomic mass is 9.98. The maximum absolute atomic E-state index is 13.1. The minimum absolute atomic E-state index is 0.0534. The summed E-state index contributed by atoms with van der Waals surface area (Å²) >= 11 is 0. The van der Waals surface area contributed by atoms with E-state index in [0.29, 0.717) is 42.3 Å². The first-order chi connectivity index (χ1) is 27.4. The van der Waals surface area contributed by atoms with Gasteiger partial charge in [0, 0.05) is 18.3 Å². The van der Waals surface area contributed by atoms with Crippen molar-refractivity contribution < 1.29 is 41.2 Å². The Morgan fingerprint density at radius 3 is 0.758 bits per heavy atom. The molecule has 0 heterocycles. The van der Waals surface area contributed by atoms with Gasteiger partial charge in [-0.05, 0) is 115 Å². The zero-order valence-corrected chi connectivity index (χ0v) is 51.0. The number of esters is 2. The lowest BCUT2D eigenvalue weighted by Gasteiger charge is -2.48. The minimum Gasteiger partial charge on any atom is -0.469 e. The van der Waals surface area contributed by atoms with Crippen molar-refractivity contribution in [3.63, 3.8) is 0 Å². The van der Waals surface area contributed by atoms with Crippen molar-refractivity contribution in [2.24, 2.45) is 0 Å². The molecule has 0 aliphatic heterocycles. The van der Waals surface area contributed by atoms with Crippen molar-refractivity contribution in [3.05, 3.63) is 0 Å². The molecular formula is C48H104O9Si5. The Kier molecular flexibility index (Phi) is 23.2. The summed E-state index contributed by atoms with van der Waals surface area (Å²) in [5, 5.41) is -0.215. The number of hydrogen-bond donors (Lipinski definition) is 0. The molecule has 0 N–H and O–H groups in total. The normalized spacial score (nSPS) is 17.0. The molecule has 370 valence electrons. The van der Waals surface area contributed by atoms with Crippen molar-refractivity contribution in [1.29, 1.82) is 0 Å². The Bertz CT molecular complexity index is 1260. The van der Waals surface area contributed by atoms with Crippen LogP contribution in [-0.4, -0.2) is 98.3 Å². The summed E-state index contributed by atoms with van der Waals surface area (Å²) in [6.07, 6.45) is 1.10. The first kappa shape index (κ1) is 61.8. The molecule has 5 atom stereocenters. The van der Waals surface area contributed by atoms with Gasteiger partial charge in [0.2, 0.25) is 8.32 Å². The molecule has 0 saturated heterocycles. The number of hydrogen-bond acceptors (Lipinski definition) is 9. The second kappa shape index (κ2) is 23.2. The lowest BCUT2D eigenvalue weighted by molar-refractivity contribution is -0.143. The van der Waals surface area contributed by atoms with Crippen LogP contribution >= 0.6 is 0 Å². The number of carbonyl (C=O) groups is 2. The van der Waals surface area contributed by atoms with Gasteiger partial charge in [-0.15, -0.1) is 0 Å². The van der Waals surface area contributed by atoms with Crippen LogP contribution in [0.4, 0.5) is 0 Å². The minimum atomic E-state index is -2.47. The quantitative estimate of drug-likeness (QED) is 0.0654. The first-order valence-electron chi connectivity index (χ1n) is 24.0. The van der Waals surface area contributed by atoms with Crippen LogP contribution in [0.1, 0.15) is 163 Å². The second-order valence-electron chi connectivity index (χ2n) is 25.6. The second-order valence-corrected chi connectivity index (χ2v) is 50.0. The largest absolute Gasteiger partial charge is 0.469 e. The summed E-state index contributed by atoms with van der Waals surface area (Å²) in [5.74, 6) is -0.556. The van der Waals surface area contributed by atoms with E-state index >= 15 is 0 Å². The molecule has 0 saturated carbocycles. The third-order valence-corrected chi connectivity index (χ3v) is 39.8. The highest BCUT2D eigenvalue weighted by atomic mass is 28.4.